The summed E-state index contributed by atoms with van der Waals surface area (Å²) in [4.78, 5) is 10.4. The van der Waals surface area contributed by atoms with Crippen molar-refractivity contribution in [1.29, 1.82) is 0 Å². The molecule has 0 amide bonds. The van der Waals surface area contributed by atoms with Gasteiger partial charge in [0.1, 0.15) is 5.60 Å². The molecule has 0 fully saturated rings. The Bertz CT molecular complexity index is 252. The van der Waals surface area contributed by atoms with Crippen LogP contribution in [0.2, 0.25) is 0 Å². The molecule has 0 saturated carbocycles. The lowest BCUT2D eigenvalue weighted by atomic mass is 9.98. The molecule has 1 aromatic carbocycles. The molecule has 1 rings (SSSR count). The van der Waals surface area contributed by atoms with Crippen molar-refractivity contribution in [3.05, 3.63) is 35.9 Å². The van der Waals surface area contributed by atoms with E-state index in [0.717, 1.165) is 5.56 Å². The van der Waals surface area contributed by atoms with Crippen LogP contribution < -0.4 is 0 Å². The second-order valence-corrected chi connectivity index (χ2v) is 3.14. The zero-order valence-electron chi connectivity index (χ0n) is 7.03. The number of carbonyl (C=O) groups is 1. The van der Waals surface area contributed by atoms with E-state index in [9.17, 15) is 9.90 Å². The van der Waals surface area contributed by atoms with Gasteiger partial charge >= 0.3 is 0 Å². The first-order valence-corrected chi connectivity index (χ1v) is 3.87. The topological polar surface area (TPSA) is 37.3 Å². The van der Waals surface area contributed by atoms with Crippen LogP contribution in [0.3, 0.4) is 0 Å². The van der Waals surface area contributed by atoms with Crippen molar-refractivity contribution >= 4 is 6.29 Å². The number of carbonyl (C=O) groups excluding carboxylic acids is 1. The Hall–Kier alpha value is -1.15. The van der Waals surface area contributed by atoms with Crippen molar-refractivity contribution in [2.45, 2.75) is 18.9 Å². The number of aliphatic hydroxyl groups is 1. The Labute approximate surface area is 71.8 Å². The van der Waals surface area contributed by atoms with E-state index >= 15 is 0 Å². The lowest BCUT2D eigenvalue weighted by Gasteiger charge is -2.14. The van der Waals surface area contributed by atoms with Crippen LogP contribution in [0, 0.1) is 0 Å². The quantitative estimate of drug-likeness (QED) is 0.681. The van der Waals surface area contributed by atoms with Gasteiger partial charge in [-0.3, -0.25) is 0 Å². The van der Waals surface area contributed by atoms with E-state index in [1.165, 1.54) is 6.92 Å². The fourth-order valence-electron chi connectivity index (χ4n) is 1.05. The fraction of sp³-hybridized carbons (Fsp3) is 0.300. The number of rotatable bonds is 3. The van der Waals surface area contributed by atoms with Crippen LogP contribution in [0.5, 0.6) is 0 Å². The van der Waals surface area contributed by atoms with Crippen molar-refractivity contribution in [1.82, 2.24) is 0 Å². The number of hydrogen-bond acceptors (Lipinski definition) is 2. The third-order valence-electron chi connectivity index (χ3n) is 1.66. The zero-order chi connectivity index (χ0) is 9.03. The van der Waals surface area contributed by atoms with E-state index in [2.05, 4.69) is 0 Å². The van der Waals surface area contributed by atoms with Gasteiger partial charge in [0.2, 0.25) is 0 Å². The summed E-state index contributed by atoms with van der Waals surface area (Å²) in [5.74, 6) is 0. The van der Waals surface area contributed by atoms with Crippen molar-refractivity contribution in [3.8, 4) is 0 Å². The first kappa shape index (κ1) is 8.94. The minimum atomic E-state index is -1.23. The van der Waals surface area contributed by atoms with E-state index in [1.807, 2.05) is 30.3 Å². The van der Waals surface area contributed by atoms with Gasteiger partial charge < -0.3 is 9.90 Å². The second kappa shape index (κ2) is 3.50. The summed E-state index contributed by atoms with van der Waals surface area (Å²) < 4.78 is 0. The average Bonchev–Trinajstić information content (AvgIpc) is 2.06. The minimum absolute atomic E-state index is 0.372. The van der Waals surface area contributed by atoms with E-state index in [-0.39, 0.29) is 0 Å². The highest BCUT2D eigenvalue weighted by atomic mass is 16.3. The van der Waals surface area contributed by atoms with Crippen molar-refractivity contribution < 1.29 is 9.90 Å². The molecule has 12 heavy (non-hydrogen) atoms. The summed E-state index contributed by atoms with van der Waals surface area (Å²) in [6.07, 6.45) is 0.942. The molecule has 1 atom stereocenters. The van der Waals surface area contributed by atoms with Crippen molar-refractivity contribution in [2.24, 2.45) is 0 Å². The maximum atomic E-state index is 10.4. The molecule has 0 heterocycles. The summed E-state index contributed by atoms with van der Waals surface area (Å²) in [6.45, 7) is 1.51. The Morgan fingerprint density at radius 3 is 2.50 bits per heavy atom. The van der Waals surface area contributed by atoms with Gasteiger partial charge in [-0.1, -0.05) is 30.3 Å². The number of hydrogen-bond donors (Lipinski definition) is 1. The third kappa shape index (κ3) is 2.47. The molecule has 0 aliphatic heterocycles. The SMILES string of the molecule is C[C@](O)(C=O)Cc1ccccc1. The molecule has 1 N–H and O–H groups in total. The van der Waals surface area contributed by atoms with Crippen LogP contribution in [0.25, 0.3) is 0 Å². The fourth-order valence-corrected chi connectivity index (χ4v) is 1.05. The third-order valence-corrected chi connectivity index (χ3v) is 1.66. The summed E-state index contributed by atoms with van der Waals surface area (Å²) in [5, 5.41) is 9.41. The lowest BCUT2D eigenvalue weighted by molar-refractivity contribution is -0.122. The Morgan fingerprint density at radius 1 is 1.42 bits per heavy atom. The van der Waals surface area contributed by atoms with Gasteiger partial charge in [0.25, 0.3) is 0 Å². The molecule has 0 aliphatic carbocycles. The molecule has 2 nitrogen and oxygen atoms in total. The Balaban J connectivity index is 2.70. The largest absolute Gasteiger partial charge is 0.382 e. The molecule has 0 aliphatic rings. The van der Waals surface area contributed by atoms with E-state index in [1.54, 1.807) is 0 Å². The van der Waals surface area contributed by atoms with Crippen LogP contribution in [0.15, 0.2) is 30.3 Å². The second-order valence-electron chi connectivity index (χ2n) is 3.14. The van der Waals surface area contributed by atoms with Crippen LogP contribution in [-0.4, -0.2) is 17.0 Å². The highest BCUT2D eigenvalue weighted by Crippen LogP contribution is 2.09. The molecular weight excluding hydrogens is 152 g/mol. The van der Waals surface area contributed by atoms with Gasteiger partial charge in [0, 0.05) is 6.42 Å². The van der Waals surface area contributed by atoms with Gasteiger partial charge in [-0.05, 0) is 12.5 Å². The Kier molecular flexibility index (Phi) is 2.61. The molecule has 0 bridgehead atoms. The van der Waals surface area contributed by atoms with Gasteiger partial charge in [-0.25, -0.2) is 0 Å². The molecule has 1 aromatic rings. The normalized spacial score (nSPS) is 15.2. The van der Waals surface area contributed by atoms with Gasteiger partial charge in [-0.2, -0.15) is 0 Å². The smallest absolute Gasteiger partial charge is 0.151 e. The standard InChI is InChI=1S/C10H12O2/c1-10(12,8-11)7-9-5-3-2-4-6-9/h2-6,8,12H,7H2,1H3/t10-/m1/s1. The number of benzene rings is 1. The van der Waals surface area contributed by atoms with Crippen LogP contribution in [0.4, 0.5) is 0 Å². The van der Waals surface area contributed by atoms with Gasteiger partial charge in [-0.15, -0.1) is 0 Å². The maximum Gasteiger partial charge on any atom is 0.151 e. The molecule has 64 valence electrons. The molecule has 0 unspecified atom stereocenters. The summed E-state index contributed by atoms with van der Waals surface area (Å²) in [7, 11) is 0. The minimum Gasteiger partial charge on any atom is -0.382 e. The van der Waals surface area contributed by atoms with Crippen LogP contribution in [-0.2, 0) is 11.2 Å². The van der Waals surface area contributed by atoms with Crippen molar-refractivity contribution in [3.63, 3.8) is 0 Å². The summed E-state index contributed by atoms with van der Waals surface area (Å²) >= 11 is 0. The zero-order valence-corrected chi connectivity index (χ0v) is 7.03. The van der Waals surface area contributed by atoms with Gasteiger partial charge in [0.05, 0.1) is 0 Å². The van der Waals surface area contributed by atoms with E-state index in [0.29, 0.717) is 12.7 Å². The van der Waals surface area contributed by atoms with Crippen LogP contribution >= 0.6 is 0 Å². The molecule has 0 saturated heterocycles. The molecule has 0 aromatic heterocycles. The first-order chi connectivity index (χ1) is 5.64. The summed E-state index contributed by atoms with van der Waals surface area (Å²) in [6, 6.07) is 9.45. The predicted octanol–water partition coefficient (Wildman–Crippen LogP) is 1.18. The van der Waals surface area contributed by atoms with Crippen LogP contribution in [0.1, 0.15) is 12.5 Å². The predicted molar refractivity (Wildman–Crippen MR) is 46.8 cm³/mol. The summed E-state index contributed by atoms with van der Waals surface area (Å²) in [5.41, 5.74) is -0.268. The highest BCUT2D eigenvalue weighted by Gasteiger charge is 2.18. The lowest BCUT2D eigenvalue weighted by Crippen LogP contribution is -2.28. The van der Waals surface area contributed by atoms with E-state index < -0.39 is 5.60 Å². The molecule has 0 radical (unpaired) electrons. The maximum absolute atomic E-state index is 10.4. The van der Waals surface area contributed by atoms with E-state index in [4.69, 9.17) is 0 Å². The van der Waals surface area contributed by atoms with Crippen molar-refractivity contribution in [2.75, 3.05) is 0 Å². The average molecular weight is 164 g/mol. The van der Waals surface area contributed by atoms with Gasteiger partial charge in [0.15, 0.2) is 6.29 Å². The number of aldehydes is 1. The Morgan fingerprint density at radius 2 is 2.00 bits per heavy atom. The molecule has 2 heteroatoms. The molecule has 0 spiro atoms. The molecular formula is C10H12O2. The monoisotopic (exact) mass is 164 g/mol. The first-order valence-electron chi connectivity index (χ1n) is 3.87. The highest BCUT2D eigenvalue weighted by molar-refractivity contribution is 5.61.